The Balaban J connectivity index is 1.24. The summed E-state index contributed by atoms with van der Waals surface area (Å²) < 4.78 is 0.290. The van der Waals surface area contributed by atoms with Gasteiger partial charge in [0.05, 0.1) is 0 Å². The Bertz CT molecular complexity index is 700. The highest BCUT2D eigenvalue weighted by molar-refractivity contribution is 8.01. The van der Waals surface area contributed by atoms with Crippen LogP contribution < -0.4 is 16.0 Å². The second-order valence-electron chi connectivity index (χ2n) is 8.51. The van der Waals surface area contributed by atoms with E-state index in [9.17, 15) is 4.79 Å². The molecule has 0 aliphatic heterocycles. The summed E-state index contributed by atoms with van der Waals surface area (Å²) in [4.78, 5) is 18.2. The Labute approximate surface area is 172 Å². The summed E-state index contributed by atoms with van der Waals surface area (Å²) in [5.41, 5.74) is 0. The number of hydrogen-bond donors (Lipinski definition) is 3. The SMILES string of the molecule is CN=C(NCC1(Sc2ccccc2)CC1)NC1CCCC(C(=O)NC2CC2)C1. The molecule has 1 aromatic rings. The second-order valence-corrected chi connectivity index (χ2v) is 10.1. The highest BCUT2D eigenvalue weighted by Crippen LogP contribution is 2.51. The number of nitrogens with one attached hydrogen (secondary N) is 3. The van der Waals surface area contributed by atoms with Crippen molar-refractivity contribution in [1.29, 1.82) is 0 Å². The van der Waals surface area contributed by atoms with E-state index in [1.807, 2.05) is 18.8 Å². The molecule has 152 valence electrons. The third kappa shape index (κ3) is 5.43. The molecule has 2 atom stereocenters. The van der Waals surface area contributed by atoms with Crippen molar-refractivity contribution >= 4 is 23.6 Å². The fourth-order valence-electron chi connectivity index (χ4n) is 3.93. The van der Waals surface area contributed by atoms with Crippen LogP contribution in [-0.2, 0) is 4.79 Å². The fraction of sp³-hybridized carbons (Fsp3) is 0.636. The van der Waals surface area contributed by atoms with Crippen LogP contribution in [0.25, 0.3) is 0 Å². The zero-order chi connectivity index (χ0) is 19.4. The first-order chi connectivity index (χ1) is 13.7. The van der Waals surface area contributed by atoms with E-state index in [4.69, 9.17) is 0 Å². The van der Waals surface area contributed by atoms with Gasteiger partial charge in [0, 0.05) is 41.2 Å². The summed E-state index contributed by atoms with van der Waals surface area (Å²) in [5.74, 6) is 1.27. The number of guanidine groups is 1. The molecule has 5 nitrogen and oxygen atoms in total. The minimum absolute atomic E-state index is 0.147. The number of thioether (sulfide) groups is 1. The van der Waals surface area contributed by atoms with Crippen LogP contribution >= 0.6 is 11.8 Å². The molecule has 0 saturated heterocycles. The third-order valence-electron chi connectivity index (χ3n) is 6.00. The smallest absolute Gasteiger partial charge is 0.223 e. The Morgan fingerprint density at radius 3 is 2.57 bits per heavy atom. The molecule has 0 spiro atoms. The molecule has 28 heavy (non-hydrogen) atoms. The molecule has 6 heteroatoms. The summed E-state index contributed by atoms with van der Waals surface area (Å²) in [6, 6.07) is 11.4. The number of carbonyl (C=O) groups excluding carboxylic acids is 1. The largest absolute Gasteiger partial charge is 0.355 e. The molecule has 3 N–H and O–H groups in total. The van der Waals surface area contributed by atoms with Crippen LogP contribution in [0.5, 0.6) is 0 Å². The lowest BCUT2D eigenvalue weighted by atomic mass is 9.85. The van der Waals surface area contributed by atoms with Crippen LogP contribution in [-0.4, -0.2) is 42.3 Å². The second kappa shape index (κ2) is 8.76. The minimum atomic E-state index is 0.147. The molecule has 3 saturated carbocycles. The maximum Gasteiger partial charge on any atom is 0.223 e. The van der Waals surface area contributed by atoms with E-state index in [1.54, 1.807) is 0 Å². The summed E-state index contributed by atoms with van der Waals surface area (Å²) in [5, 5.41) is 10.3. The van der Waals surface area contributed by atoms with Gasteiger partial charge in [0.25, 0.3) is 0 Å². The van der Waals surface area contributed by atoms with Gasteiger partial charge in [-0.05, 0) is 57.1 Å². The molecule has 0 heterocycles. The maximum atomic E-state index is 12.4. The lowest BCUT2D eigenvalue weighted by Crippen LogP contribution is -2.48. The molecule has 2 unspecified atom stereocenters. The van der Waals surface area contributed by atoms with Crippen molar-refractivity contribution in [3.63, 3.8) is 0 Å². The monoisotopic (exact) mass is 400 g/mol. The molecule has 0 aromatic heterocycles. The first-order valence-electron chi connectivity index (χ1n) is 10.7. The van der Waals surface area contributed by atoms with Crippen molar-refractivity contribution in [3.05, 3.63) is 30.3 Å². The van der Waals surface area contributed by atoms with Gasteiger partial charge < -0.3 is 16.0 Å². The molecule has 0 bridgehead atoms. The van der Waals surface area contributed by atoms with Crippen LogP contribution in [0, 0.1) is 5.92 Å². The van der Waals surface area contributed by atoms with E-state index in [2.05, 4.69) is 51.3 Å². The number of nitrogens with zero attached hydrogens (tertiary/aromatic N) is 1. The molecule has 3 aliphatic rings. The average molecular weight is 401 g/mol. The highest BCUT2D eigenvalue weighted by atomic mass is 32.2. The van der Waals surface area contributed by atoms with Gasteiger partial charge in [-0.3, -0.25) is 9.79 Å². The lowest BCUT2D eigenvalue weighted by Gasteiger charge is -2.30. The average Bonchev–Trinajstić information content (AvgIpc) is 3.64. The van der Waals surface area contributed by atoms with Gasteiger partial charge in [0.1, 0.15) is 0 Å². The molecular weight excluding hydrogens is 368 g/mol. The lowest BCUT2D eigenvalue weighted by molar-refractivity contribution is -0.126. The Hall–Kier alpha value is -1.69. The summed E-state index contributed by atoms with van der Waals surface area (Å²) in [6.07, 6.45) is 8.91. The zero-order valence-electron chi connectivity index (χ0n) is 16.7. The third-order valence-corrected chi connectivity index (χ3v) is 7.49. The van der Waals surface area contributed by atoms with Crippen molar-refractivity contribution in [3.8, 4) is 0 Å². The summed E-state index contributed by atoms with van der Waals surface area (Å²) in [6.45, 7) is 0.921. The molecule has 3 aliphatic carbocycles. The van der Waals surface area contributed by atoms with E-state index < -0.39 is 0 Å². The van der Waals surface area contributed by atoms with Crippen LogP contribution in [0.3, 0.4) is 0 Å². The number of aliphatic imine (C=N–C) groups is 1. The van der Waals surface area contributed by atoms with Crippen LogP contribution in [0.4, 0.5) is 0 Å². The van der Waals surface area contributed by atoms with Gasteiger partial charge >= 0.3 is 0 Å². The normalized spacial score (nSPS) is 26.4. The highest BCUT2D eigenvalue weighted by Gasteiger charge is 2.43. The summed E-state index contributed by atoms with van der Waals surface area (Å²) >= 11 is 1.97. The standard InChI is InChI=1S/C22H32N4OS/c1-23-21(24-15-22(12-13-22)28-19-8-3-2-4-9-19)26-18-7-5-6-16(14-18)20(27)25-17-10-11-17/h2-4,8-9,16-18H,5-7,10-15H2,1H3,(H,25,27)(H2,23,24,26). The van der Waals surface area contributed by atoms with Crippen molar-refractivity contribution in [2.75, 3.05) is 13.6 Å². The Morgan fingerprint density at radius 2 is 1.89 bits per heavy atom. The molecule has 0 radical (unpaired) electrons. The van der Waals surface area contributed by atoms with Gasteiger partial charge in [-0.15, -0.1) is 11.8 Å². The zero-order valence-corrected chi connectivity index (χ0v) is 17.6. The number of amides is 1. The van der Waals surface area contributed by atoms with Crippen molar-refractivity contribution < 1.29 is 4.79 Å². The Kier molecular flexibility index (Phi) is 6.14. The molecule has 1 aromatic carbocycles. The molecular formula is C22H32N4OS. The van der Waals surface area contributed by atoms with E-state index in [1.165, 1.54) is 17.7 Å². The van der Waals surface area contributed by atoms with Gasteiger partial charge in [-0.1, -0.05) is 24.6 Å². The first kappa shape index (κ1) is 19.6. The van der Waals surface area contributed by atoms with Crippen molar-refractivity contribution in [2.45, 2.75) is 73.1 Å². The fourth-order valence-corrected chi connectivity index (χ4v) is 5.18. The Morgan fingerprint density at radius 1 is 1.11 bits per heavy atom. The number of carbonyl (C=O) groups is 1. The van der Waals surface area contributed by atoms with Crippen LogP contribution in [0.1, 0.15) is 51.4 Å². The quantitative estimate of drug-likeness (QED) is 0.485. The first-order valence-corrected chi connectivity index (χ1v) is 11.5. The minimum Gasteiger partial charge on any atom is -0.355 e. The van der Waals surface area contributed by atoms with E-state index in [-0.39, 0.29) is 16.6 Å². The molecule has 3 fully saturated rings. The van der Waals surface area contributed by atoms with E-state index >= 15 is 0 Å². The number of hydrogen-bond acceptors (Lipinski definition) is 3. The van der Waals surface area contributed by atoms with E-state index in [0.29, 0.717) is 12.1 Å². The predicted octanol–water partition coefficient (Wildman–Crippen LogP) is 3.31. The molecule has 1 amide bonds. The van der Waals surface area contributed by atoms with Gasteiger partial charge in [-0.2, -0.15) is 0 Å². The van der Waals surface area contributed by atoms with E-state index in [0.717, 1.165) is 51.0 Å². The van der Waals surface area contributed by atoms with Gasteiger partial charge in [-0.25, -0.2) is 0 Å². The number of benzene rings is 1. The van der Waals surface area contributed by atoms with Crippen LogP contribution in [0.2, 0.25) is 0 Å². The van der Waals surface area contributed by atoms with Gasteiger partial charge in [0.2, 0.25) is 5.91 Å². The van der Waals surface area contributed by atoms with Crippen molar-refractivity contribution in [1.82, 2.24) is 16.0 Å². The summed E-state index contributed by atoms with van der Waals surface area (Å²) in [7, 11) is 1.83. The predicted molar refractivity (Wildman–Crippen MR) is 116 cm³/mol. The molecule has 4 rings (SSSR count). The van der Waals surface area contributed by atoms with Gasteiger partial charge in [0.15, 0.2) is 5.96 Å². The van der Waals surface area contributed by atoms with Crippen LogP contribution in [0.15, 0.2) is 40.2 Å². The number of rotatable bonds is 7. The topological polar surface area (TPSA) is 65.5 Å². The maximum absolute atomic E-state index is 12.4. The van der Waals surface area contributed by atoms with Crippen molar-refractivity contribution in [2.24, 2.45) is 10.9 Å².